The monoisotopic (exact) mass is 215 g/mol. The van der Waals surface area contributed by atoms with Crippen molar-refractivity contribution in [2.75, 3.05) is 0 Å². The largest absolute Gasteiger partial charge is 0.184 e. The summed E-state index contributed by atoms with van der Waals surface area (Å²) in [5, 5.41) is 0. The Hall–Kier alpha value is 0.194. The molecule has 0 aromatic heterocycles. The van der Waals surface area contributed by atoms with Crippen LogP contribution in [0.2, 0.25) is 0 Å². The van der Waals surface area contributed by atoms with Gasteiger partial charge in [-0.25, -0.2) is 0 Å². The molecule has 0 atom stereocenters. The number of benzene rings is 1. The van der Waals surface area contributed by atoms with E-state index in [9.17, 15) is 0 Å². The summed E-state index contributed by atoms with van der Waals surface area (Å²) in [6.45, 7) is 0. The maximum absolute atomic E-state index is 2.89. The molecule has 48 valence electrons. The van der Waals surface area contributed by atoms with Crippen molar-refractivity contribution < 1.29 is 16.5 Å². The van der Waals surface area contributed by atoms with Crippen molar-refractivity contribution in [1.82, 2.24) is 0 Å². The standard InChI is InChI=1S/C6H5.BrH.Ni/c1-2-4-6-5-3-1;;/h1-5H;1H;/q-1;;. The zero-order valence-corrected chi connectivity index (χ0v) is 6.81. The van der Waals surface area contributed by atoms with Gasteiger partial charge in [-0.2, -0.15) is 36.4 Å². The van der Waals surface area contributed by atoms with Crippen molar-refractivity contribution in [2.24, 2.45) is 0 Å². The molecular formula is C6H6BrNi-. The second-order valence-electron chi connectivity index (χ2n) is 1.08. The fourth-order valence-corrected chi connectivity index (χ4v) is 0.342. The maximum Gasteiger partial charge on any atom is 0 e. The SMILES string of the molecule is Br.[Ni].[c-]1ccccc1. The van der Waals surface area contributed by atoms with Crippen molar-refractivity contribution in [2.45, 2.75) is 0 Å². The molecule has 0 aliphatic rings. The summed E-state index contributed by atoms with van der Waals surface area (Å²) in [5.74, 6) is 0. The van der Waals surface area contributed by atoms with Gasteiger partial charge in [0.2, 0.25) is 0 Å². The van der Waals surface area contributed by atoms with E-state index in [1.807, 2.05) is 30.3 Å². The van der Waals surface area contributed by atoms with Gasteiger partial charge in [-0.05, 0) is 0 Å². The van der Waals surface area contributed by atoms with Gasteiger partial charge in [0, 0.05) is 16.5 Å². The Morgan fingerprint density at radius 3 is 1.50 bits per heavy atom. The fraction of sp³-hybridized carbons (Fsp3) is 0. The Labute approximate surface area is 70.0 Å². The summed E-state index contributed by atoms with van der Waals surface area (Å²) in [4.78, 5) is 0. The number of hydrogen-bond donors (Lipinski definition) is 0. The molecule has 8 heavy (non-hydrogen) atoms. The molecule has 0 aliphatic heterocycles. The van der Waals surface area contributed by atoms with Crippen LogP contribution in [0.1, 0.15) is 0 Å². The van der Waals surface area contributed by atoms with E-state index in [2.05, 4.69) is 6.07 Å². The number of rotatable bonds is 0. The van der Waals surface area contributed by atoms with Gasteiger partial charge in [0.25, 0.3) is 0 Å². The topological polar surface area (TPSA) is 0 Å². The van der Waals surface area contributed by atoms with Crippen LogP contribution in [0.3, 0.4) is 0 Å². The van der Waals surface area contributed by atoms with Crippen molar-refractivity contribution in [1.29, 1.82) is 0 Å². The van der Waals surface area contributed by atoms with Gasteiger partial charge in [-0.15, -0.1) is 17.0 Å². The normalized spacial score (nSPS) is 6.00. The van der Waals surface area contributed by atoms with Crippen molar-refractivity contribution in [3.63, 3.8) is 0 Å². The minimum absolute atomic E-state index is 0. The average Bonchev–Trinajstić information content (AvgIpc) is 1.72. The second kappa shape index (κ2) is 7.19. The van der Waals surface area contributed by atoms with Gasteiger partial charge in [0.1, 0.15) is 0 Å². The van der Waals surface area contributed by atoms with Crippen LogP contribution < -0.4 is 0 Å². The molecule has 0 saturated carbocycles. The van der Waals surface area contributed by atoms with Gasteiger partial charge >= 0.3 is 0 Å². The molecule has 0 aliphatic carbocycles. The summed E-state index contributed by atoms with van der Waals surface area (Å²) >= 11 is 0. The molecule has 1 aromatic carbocycles. The van der Waals surface area contributed by atoms with Gasteiger partial charge in [0.05, 0.1) is 0 Å². The molecule has 0 amide bonds. The molecule has 0 nitrogen and oxygen atoms in total. The van der Waals surface area contributed by atoms with Crippen LogP contribution >= 0.6 is 17.0 Å². The van der Waals surface area contributed by atoms with E-state index in [1.54, 1.807) is 0 Å². The Morgan fingerprint density at radius 2 is 1.38 bits per heavy atom. The third-order valence-corrected chi connectivity index (χ3v) is 0.607. The quantitative estimate of drug-likeness (QED) is 0.460. The zero-order chi connectivity index (χ0) is 4.24. The van der Waals surface area contributed by atoms with Crippen LogP contribution in [0.25, 0.3) is 0 Å². The van der Waals surface area contributed by atoms with Crippen molar-refractivity contribution in [3.8, 4) is 0 Å². The summed E-state index contributed by atoms with van der Waals surface area (Å²) in [7, 11) is 0. The van der Waals surface area contributed by atoms with Gasteiger partial charge in [0.15, 0.2) is 0 Å². The molecule has 0 spiro atoms. The van der Waals surface area contributed by atoms with E-state index in [0.29, 0.717) is 0 Å². The minimum atomic E-state index is 0. The zero-order valence-electron chi connectivity index (χ0n) is 4.11. The Bertz CT molecular complexity index is 80.5. The van der Waals surface area contributed by atoms with Gasteiger partial charge in [-0.1, -0.05) is 0 Å². The van der Waals surface area contributed by atoms with E-state index in [-0.39, 0.29) is 33.5 Å². The molecule has 0 saturated heterocycles. The number of hydrogen-bond acceptors (Lipinski definition) is 0. The van der Waals surface area contributed by atoms with Crippen LogP contribution in [0, 0.1) is 6.07 Å². The molecule has 0 unspecified atom stereocenters. The Morgan fingerprint density at radius 1 is 0.875 bits per heavy atom. The second-order valence-corrected chi connectivity index (χ2v) is 1.08. The maximum atomic E-state index is 2.89. The van der Waals surface area contributed by atoms with E-state index >= 15 is 0 Å². The van der Waals surface area contributed by atoms with Crippen LogP contribution in [0.5, 0.6) is 0 Å². The van der Waals surface area contributed by atoms with Crippen LogP contribution in [0.15, 0.2) is 30.3 Å². The fourth-order valence-electron chi connectivity index (χ4n) is 0.342. The van der Waals surface area contributed by atoms with E-state index < -0.39 is 0 Å². The van der Waals surface area contributed by atoms with E-state index in [4.69, 9.17) is 0 Å². The Kier molecular flexibility index (Phi) is 9.94. The first kappa shape index (κ1) is 11.1. The molecule has 0 bridgehead atoms. The van der Waals surface area contributed by atoms with Crippen LogP contribution in [0.4, 0.5) is 0 Å². The van der Waals surface area contributed by atoms with E-state index in [1.165, 1.54) is 0 Å². The first-order valence-electron chi connectivity index (χ1n) is 1.91. The average molecular weight is 217 g/mol. The molecule has 0 radical (unpaired) electrons. The predicted molar refractivity (Wildman–Crippen MR) is 35.6 cm³/mol. The summed E-state index contributed by atoms with van der Waals surface area (Å²) in [6, 6.07) is 12.5. The Balaban J connectivity index is 0. The first-order chi connectivity index (χ1) is 3.00. The van der Waals surface area contributed by atoms with E-state index in [0.717, 1.165) is 0 Å². The first-order valence-corrected chi connectivity index (χ1v) is 1.91. The molecule has 1 rings (SSSR count). The third-order valence-electron chi connectivity index (χ3n) is 0.607. The van der Waals surface area contributed by atoms with Crippen LogP contribution in [-0.4, -0.2) is 0 Å². The minimum Gasteiger partial charge on any atom is -0.184 e. The summed E-state index contributed by atoms with van der Waals surface area (Å²) in [6.07, 6.45) is 0. The van der Waals surface area contributed by atoms with Crippen LogP contribution in [-0.2, 0) is 16.5 Å². The predicted octanol–water partition coefficient (Wildman–Crippen LogP) is 2.06. The van der Waals surface area contributed by atoms with Crippen molar-refractivity contribution >= 4 is 17.0 Å². The number of halogens is 1. The molecule has 0 fully saturated rings. The summed E-state index contributed by atoms with van der Waals surface area (Å²) < 4.78 is 0. The molecule has 0 heterocycles. The molecule has 1 aromatic rings. The third kappa shape index (κ3) is 4.35. The molecular weight excluding hydrogens is 211 g/mol. The van der Waals surface area contributed by atoms with Gasteiger partial charge < -0.3 is 0 Å². The summed E-state index contributed by atoms with van der Waals surface area (Å²) in [5.41, 5.74) is 0. The molecule has 0 N–H and O–H groups in total. The molecule has 2 heteroatoms. The van der Waals surface area contributed by atoms with Crippen molar-refractivity contribution in [3.05, 3.63) is 36.4 Å². The van der Waals surface area contributed by atoms with Gasteiger partial charge in [-0.3, -0.25) is 0 Å². The smallest absolute Gasteiger partial charge is 0 e.